The lowest BCUT2D eigenvalue weighted by molar-refractivity contribution is -0.120. The molecule has 0 bridgehead atoms. The summed E-state index contributed by atoms with van der Waals surface area (Å²) in [5.74, 6) is 0. The van der Waals surface area contributed by atoms with Crippen LogP contribution in [0.2, 0.25) is 0 Å². The molecule has 1 saturated heterocycles. The molecule has 1 aliphatic heterocycles. The van der Waals surface area contributed by atoms with Crippen LogP contribution in [0, 0.1) is 0 Å². The standard InChI is InChI=1S/C12H27N3O2/c1-10(12(16-4)17-5)13-8-11-9-14(2)6-7-15(11)3/h10-13H,6-9H2,1-5H3. The molecule has 5 nitrogen and oxygen atoms in total. The molecule has 0 aromatic carbocycles. The fraction of sp³-hybridized carbons (Fsp3) is 1.00. The zero-order valence-corrected chi connectivity index (χ0v) is 11.8. The number of hydrogen-bond donors (Lipinski definition) is 1. The van der Waals surface area contributed by atoms with Gasteiger partial charge in [-0.15, -0.1) is 0 Å². The molecule has 2 atom stereocenters. The first-order chi connectivity index (χ1) is 8.08. The third-order valence-corrected chi connectivity index (χ3v) is 3.53. The molecule has 1 fully saturated rings. The minimum atomic E-state index is -0.179. The SMILES string of the molecule is COC(OC)C(C)NCC1CN(C)CCN1C. The van der Waals surface area contributed by atoms with Crippen LogP contribution in [-0.2, 0) is 9.47 Å². The molecule has 1 N–H and O–H groups in total. The molecule has 0 aliphatic carbocycles. The van der Waals surface area contributed by atoms with E-state index in [1.54, 1.807) is 14.2 Å². The van der Waals surface area contributed by atoms with Crippen LogP contribution in [0.15, 0.2) is 0 Å². The zero-order chi connectivity index (χ0) is 12.8. The third-order valence-electron chi connectivity index (χ3n) is 3.53. The Kier molecular flexibility index (Phi) is 6.37. The van der Waals surface area contributed by atoms with Gasteiger partial charge < -0.3 is 19.7 Å². The Morgan fingerprint density at radius 3 is 2.47 bits per heavy atom. The van der Waals surface area contributed by atoms with Gasteiger partial charge in [0.05, 0.1) is 6.04 Å². The van der Waals surface area contributed by atoms with Crippen LogP contribution >= 0.6 is 0 Å². The number of nitrogens with one attached hydrogen (secondary N) is 1. The summed E-state index contributed by atoms with van der Waals surface area (Å²) >= 11 is 0. The number of rotatable bonds is 6. The lowest BCUT2D eigenvalue weighted by Gasteiger charge is -2.38. The van der Waals surface area contributed by atoms with Crippen LogP contribution in [0.25, 0.3) is 0 Å². The second-order valence-electron chi connectivity index (χ2n) is 4.93. The van der Waals surface area contributed by atoms with Gasteiger partial charge in [-0.3, -0.25) is 4.90 Å². The lowest BCUT2D eigenvalue weighted by Crippen LogP contribution is -2.55. The van der Waals surface area contributed by atoms with Crippen LogP contribution in [0.1, 0.15) is 6.92 Å². The second kappa shape index (κ2) is 7.28. The van der Waals surface area contributed by atoms with Crippen molar-refractivity contribution in [2.45, 2.75) is 25.3 Å². The normalized spacial score (nSPS) is 25.4. The highest BCUT2D eigenvalue weighted by molar-refractivity contribution is 4.81. The number of hydrogen-bond acceptors (Lipinski definition) is 5. The van der Waals surface area contributed by atoms with Gasteiger partial charge >= 0.3 is 0 Å². The summed E-state index contributed by atoms with van der Waals surface area (Å²) in [5.41, 5.74) is 0. The summed E-state index contributed by atoms with van der Waals surface area (Å²) in [4.78, 5) is 4.79. The van der Waals surface area contributed by atoms with Gasteiger partial charge in [0.15, 0.2) is 6.29 Å². The van der Waals surface area contributed by atoms with Crippen molar-refractivity contribution >= 4 is 0 Å². The lowest BCUT2D eigenvalue weighted by atomic mass is 10.1. The first kappa shape index (κ1) is 14.9. The van der Waals surface area contributed by atoms with Gasteiger partial charge in [-0.2, -0.15) is 0 Å². The molecule has 0 aromatic heterocycles. The Morgan fingerprint density at radius 1 is 1.24 bits per heavy atom. The molecule has 0 radical (unpaired) electrons. The van der Waals surface area contributed by atoms with E-state index >= 15 is 0 Å². The van der Waals surface area contributed by atoms with Crippen molar-refractivity contribution < 1.29 is 9.47 Å². The summed E-state index contributed by atoms with van der Waals surface area (Å²) in [6.45, 7) is 6.45. The molecular weight excluding hydrogens is 218 g/mol. The van der Waals surface area contributed by atoms with Crippen molar-refractivity contribution in [2.75, 3.05) is 54.5 Å². The number of methoxy groups -OCH3 is 2. The van der Waals surface area contributed by atoms with Gasteiger partial charge in [-0.25, -0.2) is 0 Å². The van der Waals surface area contributed by atoms with E-state index in [0.717, 1.165) is 26.2 Å². The van der Waals surface area contributed by atoms with Crippen molar-refractivity contribution in [1.29, 1.82) is 0 Å². The van der Waals surface area contributed by atoms with Gasteiger partial charge in [0.1, 0.15) is 0 Å². The monoisotopic (exact) mass is 245 g/mol. The molecule has 0 aromatic rings. The summed E-state index contributed by atoms with van der Waals surface area (Å²) in [7, 11) is 7.71. The Labute approximate surface area is 105 Å². The predicted molar refractivity (Wildman–Crippen MR) is 69.2 cm³/mol. The molecule has 1 rings (SSSR count). The van der Waals surface area contributed by atoms with Crippen molar-refractivity contribution in [3.05, 3.63) is 0 Å². The van der Waals surface area contributed by atoms with Crippen LogP contribution in [0.3, 0.4) is 0 Å². The zero-order valence-electron chi connectivity index (χ0n) is 11.8. The smallest absolute Gasteiger partial charge is 0.171 e. The molecule has 5 heteroatoms. The maximum Gasteiger partial charge on any atom is 0.171 e. The average molecular weight is 245 g/mol. The molecule has 0 spiro atoms. The molecule has 0 amide bonds. The quantitative estimate of drug-likeness (QED) is 0.658. The molecular formula is C12H27N3O2. The molecule has 1 heterocycles. The summed E-state index contributed by atoms with van der Waals surface area (Å²) in [6, 6.07) is 0.760. The highest BCUT2D eigenvalue weighted by Crippen LogP contribution is 2.06. The Balaban J connectivity index is 2.33. The Morgan fingerprint density at radius 2 is 1.88 bits per heavy atom. The van der Waals surface area contributed by atoms with Crippen molar-refractivity contribution in [1.82, 2.24) is 15.1 Å². The molecule has 17 heavy (non-hydrogen) atoms. The van der Waals surface area contributed by atoms with E-state index in [1.165, 1.54) is 0 Å². The fourth-order valence-electron chi connectivity index (χ4n) is 2.24. The van der Waals surface area contributed by atoms with Crippen LogP contribution in [0.5, 0.6) is 0 Å². The van der Waals surface area contributed by atoms with Gasteiger partial charge in [0.2, 0.25) is 0 Å². The second-order valence-corrected chi connectivity index (χ2v) is 4.93. The van der Waals surface area contributed by atoms with Gasteiger partial charge in [0.25, 0.3) is 0 Å². The van der Waals surface area contributed by atoms with E-state index in [4.69, 9.17) is 9.47 Å². The van der Waals surface area contributed by atoms with E-state index < -0.39 is 0 Å². The average Bonchev–Trinajstić information content (AvgIpc) is 2.32. The van der Waals surface area contributed by atoms with E-state index in [0.29, 0.717) is 6.04 Å². The Bertz CT molecular complexity index is 212. The number of ether oxygens (including phenoxy) is 2. The topological polar surface area (TPSA) is 37.0 Å². The first-order valence-electron chi connectivity index (χ1n) is 6.26. The molecule has 1 aliphatic rings. The minimum Gasteiger partial charge on any atom is -0.354 e. The van der Waals surface area contributed by atoms with Crippen LogP contribution in [-0.4, -0.2) is 82.7 Å². The highest BCUT2D eigenvalue weighted by atomic mass is 16.7. The molecule has 0 saturated carbocycles. The first-order valence-corrected chi connectivity index (χ1v) is 6.26. The Hall–Kier alpha value is -0.200. The number of likely N-dealkylation sites (N-methyl/N-ethyl adjacent to an activating group) is 2. The summed E-state index contributed by atoms with van der Waals surface area (Å²) < 4.78 is 10.5. The fourth-order valence-corrected chi connectivity index (χ4v) is 2.24. The largest absolute Gasteiger partial charge is 0.354 e. The predicted octanol–water partition coefficient (Wildman–Crippen LogP) is -0.171. The molecule has 2 unspecified atom stereocenters. The van der Waals surface area contributed by atoms with E-state index in [9.17, 15) is 0 Å². The third kappa shape index (κ3) is 4.52. The maximum atomic E-state index is 5.24. The van der Waals surface area contributed by atoms with Crippen molar-refractivity contribution in [3.63, 3.8) is 0 Å². The van der Waals surface area contributed by atoms with Gasteiger partial charge in [-0.1, -0.05) is 0 Å². The number of nitrogens with zero attached hydrogens (tertiary/aromatic N) is 2. The highest BCUT2D eigenvalue weighted by Gasteiger charge is 2.23. The van der Waals surface area contributed by atoms with E-state index in [1.807, 2.05) is 0 Å². The van der Waals surface area contributed by atoms with E-state index in [-0.39, 0.29) is 12.3 Å². The summed E-state index contributed by atoms with van der Waals surface area (Å²) in [5, 5.41) is 3.49. The molecule has 102 valence electrons. The van der Waals surface area contributed by atoms with Gasteiger partial charge in [0, 0.05) is 46.4 Å². The van der Waals surface area contributed by atoms with Crippen LogP contribution in [0.4, 0.5) is 0 Å². The number of piperazine rings is 1. The van der Waals surface area contributed by atoms with Crippen molar-refractivity contribution in [3.8, 4) is 0 Å². The van der Waals surface area contributed by atoms with Crippen molar-refractivity contribution in [2.24, 2.45) is 0 Å². The van der Waals surface area contributed by atoms with Gasteiger partial charge in [-0.05, 0) is 21.0 Å². The maximum absolute atomic E-state index is 5.24. The summed E-state index contributed by atoms with van der Waals surface area (Å²) in [6.07, 6.45) is -0.179. The minimum absolute atomic E-state index is 0.179. The van der Waals surface area contributed by atoms with E-state index in [2.05, 4.69) is 36.1 Å². The van der Waals surface area contributed by atoms with Crippen LogP contribution < -0.4 is 5.32 Å².